The van der Waals surface area contributed by atoms with Crippen LogP contribution >= 0.6 is 0 Å². The van der Waals surface area contributed by atoms with Crippen molar-refractivity contribution in [1.82, 2.24) is 4.90 Å². The molecule has 0 heterocycles. The fourth-order valence-electron chi connectivity index (χ4n) is 2.27. The van der Waals surface area contributed by atoms with Crippen LogP contribution in [-0.2, 0) is 9.59 Å². The number of amides is 1. The van der Waals surface area contributed by atoms with Gasteiger partial charge in [0.05, 0.1) is 0 Å². The van der Waals surface area contributed by atoms with Crippen molar-refractivity contribution >= 4 is 11.9 Å². The molecule has 0 saturated heterocycles. The van der Waals surface area contributed by atoms with Crippen LogP contribution in [0, 0.1) is 11.3 Å². The molecule has 0 saturated carbocycles. The summed E-state index contributed by atoms with van der Waals surface area (Å²) in [6.45, 7) is 10.8. The zero-order valence-corrected chi connectivity index (χ0v) is 12.3. The molecule has 1 atom stereocenters. The summed E-state index contributed by atoms with van der Waals surface area (Å²) in [5, 5.41) is 8.79. The lowest BCUT2D eigenvalue weighted by molar-refractivity contribution is -0.144. The Kier molecular flexibility index (Phi) is 6.96. The smallest absolute Gasteiger partial charge is 0.323 e. The largest absolute Gasteiger partial charge is 0.480 e. The Morgan fingerprint density at radius 1 is 1.28 bits per heavy atom. The molecule has 0 aromatic rings. The number of hydrogen-bond acceptors (Lipinski definition) is 2. The molecule has 1 N–H and O–H groups in total. The molecule has 0 aromatic carbocycles. The molecule has 0 fully saturated rings. The number of carboxylic acid groups (broad SMARTS) is 1. The summed E-state index contributed by atoms with van der Waals surface area (Å²) >= 11 is 0. The van der Waals surface area contributed by atoms with E-state index in [2.05, 4.69) is 20.8 Å². The Morgan fingerprint density at radius 3 is 2.22 bits per heavy atom. The minimum Gasteiger partial charge on any atom is -0.480 e. The molecule has 0 bridgehead atoms. The standard InChI is InChI=1S/C14H27NO3/c1-6-7-15(10-13(17)18)12(16)8-11(2)9-14(3,4)5/h11H,6-10H2,1-5H3,(H,17,18). The first-order chi connectivity index (χ1) is 8.15. The molecule has 18 heavy (non-hydrogen) atoms. The van der Waals surface area contributed by atoms with Gasteiger partial charge in [-0.25, -0.2) is 0 Å². The number of rotatable bonds is 7. The lowest BCUT2D eigenvalue weighted by atomic mass is 9.84. The van der Waals surface area contributed by atoms with E-state index >= 15 is 0 Å². The molecule has 1 unspecified atom stereocenters. The molecule has 4 heteroatoms. The summed E-state index contributed by atoms with van der Waals surface area (Å²) in [6.07, 6.45) is 2.18. The third-order valence-electron chi connectivity index (χ3n) is 2.66. The van der Waals surface area contributed by atoms with Crippen LogP contribution in [0.1, 0.15) is 53.9 Å². The molecule has 0 radical (unpaired) electrons. The van der Waals surface area contributed by atoms with Crippen molar-refractivity contribution in [3.63, 3.8) is 0 Å². The van der Waals surface area contributed by atoms with Gasteiger partial charge >= 0.3 is 5.97 Å². The van der Waals surface area contributed by atoms with E-state index in [9.17, 15) is 9.59 Å². The third-order valence-corrected chi connectivity index (χ3v) is 2.66. The second kappa shape index (κ2) is 7.39. The van der Waals surface area contributed by atoms with Gasteiger partial charge in [0.25, 0.3) is 0 Å². The predicted molar refractivity (Wildman–Crippen MR) is 72.4 cm³/mol. The van der Waals surface area contributed by atoms with Crippen LogP contribution in [0.4, 0.5) is 0 Å². The fourth-order valence-corrected chi connectivity index (χ4v) is 2.27. The highest BCUT2D eigenvalue weighted by Gasteiger charge is 2.21. The SMILES string of the molecule is CCCN(CC(=O)O)C(=O)CC(C)CC(C)(C)C. The van der Waals surface area contributed by atoms with Crippen LogP contribution < -0.4 is 0 Å². The third kappa shape index (κ3) is 8.09. The second-order valence-electron chi connectivity index (χ2n) is 6.28. The van der Waals surface area contributed by atoms with Gasteiger partial charge in [-0.05, 0) is 24.2 Å². The van der Waals surface area contributed by atoms with E-state index in [1.807, 2.05) is 13.8 Å². The van der Waals surface area contributed by atoms with Gasteiger partial charge in [-0.15, -0.1) is 0 Å². The van der Waals surface area contributed by atoms with Crippen molar-refractivity contribution in [1.29, 1.82) is 0 Å². The number of hydrogen-bond donors (Lipinski definition) is 1. The zero-order chi connectivity index (χ0) is 14.3. The van der Waals surface area contributed by atoms with Crippen molar-refractivity contribution in [2.75, 3.05) is 13.1 Å². The maximum absolute atomic E-state index is 12.0. The predicted octanol–water partition coefficient (Wildman–Crippen LogP) is 2.77. The van der Waals surface area contributed by atoms with Gasteiger partial charge in [0.1, 0.15) is 6.54 Å². The zero-order valence-electron chi connectivity index (χ0n) is 12.3. The minimum absolute atomic E-state index is 0.0454. The number of nitrogens with zero attached hydrogens (tertiary/aromatic N) is 1. The van der Waals surface area contributed by atoms with Crippen molar-refractivity contribution in [2.24, 2.45) is 11.3 Å². The molecule has 0 aromatic heterocycles. The molecule has 4 nitrogen and oxygen atoms in total. The van der Waals surface area contributed by atoms with E-state index < -0.39 is 5.97 Å². The van der Waals surface area contributed by atoms with Crippen molar-refractivity contribution < 1.29 is 14.7 Å². The Morgan fingerprint density at radius 2 is 1.83 bits per heavy atom. The molecular weight excluding hydrogens is 230 g/mol. The first-order valence-electron chi connectivity index (χ1n) is 6.65. The van der Waals surface area contributed by atoms with Gasteiger partial charge in [-0.2, -0.15) is 0 Å². The molecular formula is C14H27NO3. The van der Waals surface area contributed by atoms with Crippen LogP contribution in [0.2, 0.25) is 0 Å². The molecule has 0 spiro atoms. The maximum Gasteiger partial charge on any atom is 0.323 e. The Hall–Kier alpha value is -1.06. The van der Waals surface area contributed by atoms with Crippen LogP contribution in [0.3, 0.4) is 0 Å². The number of carboxylic acids is 1. The average molecular weight is 257 g/mol. The highest BCUT2D eigenvalue weighted by molar-refractivity contribution is 5.81. The topological polar surface area (TPSA) is 57.6 Å². The van der Waals surface area contributed by atoms with E-state index in [4.69, 9.17) is 5.11 Å². The van der Waals surface area contributed by atoms with E-state index in [0.717, 1.165) is 12.8 Å². The van der Waals surface area contributed by atoms with Gasteiger partial charge in [-0.1, -0.05) is 34.6 Å². The summed E-state index contributed by atoms with van der Waals surface area (Å²) in [6, 6.07) is 0. The number of carbonyl (C=O) groups excluding carboxylic acids is 1. The summed E-state index contributed by atoms with van der Waals surface area (Å²) in [7, 11) is 0. The van der Waals surface area contributed by atoms with Crippen molar-refractivity contribution in [2.45, 2.75) is 53.9 Å². The van der Waals surface area contributed by atoms with Crippen molar-refractivity contribution in [3.8, 4) is 0 Å². The first kappa shape index (κ1) is 16.9. The Balaban J connectivity index is 4.36. The van der Waals surface area contributed by atoms with Crippen LogP contribution in [0.5, 0.6) is 0 Å². The van der Waals surface area contributed by atoms with E-state index in [0.29, 0.717) is 13.0 Å². The quantitative estimate of drug-likeness (QED) is 0.763. The van der Waals surface area contributed by atoms with Gasteiger partial charge in [0, 0.05) is 13.0 Å². The van der Waals surface area contributed by atoms with Gasteiger partial charge in [0.2, 0.25) is 5.91 Å². The summed E-state index contributed by atoms with van der Waals surface area (Å²) < 4.78 is 0. The number of aliphatic carboxylic acids is 1. The van der Waals surface area contributed by atoms with Gasteiger partial charge < -0.3 is 10.0 Å². The molecule has 1 amide bonds. The summed E-state index contributed by atoms with van der Waals surface area (Å²) in [4.78, 5) is 24.2. The highest BCUT2D eigenvalue weighted by atomic mass is 16.4. The first-order valence-corrected chi connectivity index (χ1v) is 6.65. The number of carbonyl (C=O) groups is 2. The van der Waals surface area contributed by atoms with E-state index in [1.54, 1.807) is 0 Å². The highest BCUT2D eigenvalue weighted by Crippen LogP contribution is 2.26. The summed E-state index contributed by atoms with van der Waals surface area (Å²) in [5.74, 6) is -0.707. The Labute approximate surface area is 110 Å². The fraction of sp³-hybridized carbons (Fsp3) is 0.857. The lowest BCUT2D eigenvalue weighted by Crippen LogP contribution is -2.37. The van der Waals surface area contributed by atoms with E-state index in [1.165, 1.54) is 4.90 Å². The van der Waals surface area contributed by atoms with Crippen LogP contribution in [0.15, 0.2) is 0 Å². The molecule has 0 aliphatic heterocycles. The van der Waals surface area contributed by atoms with Crippen LogP contribution in [-0.4, -0.2) is 35.0 Å². The minimum atomic E-state index is -0.944. The molecule has 0 aliphatic rings. The summed E-state index contributed by atoms with van der Waals surface area (Å²) in [5.41, 5.74) is 0.197. The normalized spacial score (nSPS) is 13.2. The van der Waals surface area contributed by atoms with Gasteiger partial charge in [0.15, 0.2) is 0 Å². The average Bonchev–Trinajstić information content (AvgIpc) is 2.12. The van der Waals surface area contributed by atoms with Crippen LogP contribution in [0.25, 0.3) is 0 Å². The van der Waals surface area contributed by atoms with E-state index in [-0.39, 0.29) is 23.8 Å². The molecule has 106 valence electrons. The maximum atomic E-state index is 12.0. The molecule has 0 aliphatic carbocycles. The monoisotopic (exact) mass is 257 g/mol. The van der Waals surface area contributed by atoms with Gasteiger partial charge in [-0.3, -0.25) is 9.59 Å². The Bertz CT molecular complexity index is 281. The molecule has 0 rings (SSSR count). The second-order valence-corrected chi connectivity index (χ2v) is 6.28. The van der Waals surface area contributed by atoms with Crippen molar-refractivity contribution in [3.05, 3.63) is 0 Å². The lowest BCUT2D eigenvalue weighted by Gasteiger charge is -2.26.